The van der Waals surface area contributed by atoms with E-state index in [1.54, 1.807) is 54.6 Å². The first-order valence-electron chi connectivity index (χ1n) is 9.71. The predicted molar refractivity (Wildman–Crippen MR) is 119 cm³/mol. The monoisotopic (exact) mass is 442 g/mol. The molecule has 0 atom stereocenters. The maximum Gasteiger partial charge on any atom is 0.273 e. The average Bonchev–Trinajstić information content (AvgIpc) is 2.76. The van der Waals surface area contributed by atoms with E-state index in [-0.39, 0.29) is 30.2 Å². The Morgan fingerprint density at radius 3 is 2.32 bits per heavy atom. The Balaban J connectivity index is 1.61. The van der Waals surface area contributed by atoms with Crippen LogP contribution in [0.4, 0.5) is 20.2 Å². The third kappa shape index (κ3) is 5.89. The summed E-state index contributed by atoms with van der Waals surface area (Å²) in [5.74, 6) is -3.60. The number of hydrogen-bond acceptors (Lipinski definition) is 2. The standard InChI is InChI=1S/C24H21ClF2N2O2/c1-2-24(26,27)18-7-5-6-16(14-18)15-22(30)28-19-12-10-17(11-13-19)23(31)29-21-9-4-3-8-20(21)25/h3-14H,2,15H2,1H3,(H,28,30)(H,29,31). The van der Waals surface area contributed by atoms with Gasteiger partial charge < -0.3 is 10.6 Å². The molecule has 0 aromatic heterocycles. The van der Waals surface area contributed by atoms with Gasteiger partial charge in [0.2, 0.25) is 5.91 Å². The summed E-state index contributed by atoms with van der Waals surface area (Å²) < 4.78 is 27.7. The quantitative estimate of drug-likeness (QED) is 0.452. The molecule has 160 valence electrons. The summed E-state index contributed by atoms with van der Waals surface area (Å²) in [6, 6.07) is 19.1. The normalized spacial score (nSPS) is 11.1. The lowest BCUT2D eigenvalue weighted by atomic mass is 10.0. The van der Waals surface area contributed by atoms with Crippen molar-refractivity contribution < 1.29 is 18.4 Å². The SMILES string of the molecule is CCC(F)(F)c1cccc(CC(=O)Nc2ccc(C(=O)Nc3ccccc3Cl)cc2)c1. The van der Waals surface area contributed by atoms with Crippen molar-refractivity contribution in [2.75, 3.05) is 10.6 Å². The second-order valence-electron chi connectivity index (χ2n) is 6.99. The molecule has 0 aliphatic carbocycles. The number of rotatable bonds is 7. The number of halogens is 3. The highest BCUT2D eigenvalue weighted by Crippen LogP contribution is 2.31. The third-order valence-corrected chi connectivity index (χ3v) is 5.04. The first-order valence-corrected chi connectivity index (χ1v) is 10.1. The molecular formula is C24H21ClF2N2O2. The molecular weight excluding hydrogens is 422 g/mol. The summed E-state index contributed by atoms with van der Waals surface area (Å²) in [4.78, 5) is 24.7. The zero-order valence-electron chi connectivity index (χ0n) is 16.8. The molecule has 0 spiro atoms. The van der Waals surface area contributed by atoms with Gasteiger partial charge in [0.15, 0.2) is 0 Å². The fourth-order valence-electron chi connectivity index (χ4n) is 2.97. The van der Waals surface area contributed by atoms with Gasteiger partial charge in [0.05, 0.1) is 17.1 Å². The lowest BCUT2D eigenvalue weighted by Crippen LogP contribution is -2.16. The van der Waals surface area contributed by atoms with Crippen molar-refractivity contribution in [3.63, 3.8) is 0 Å². The fourth-order valence-corrected chi connectivity index (χ4v) is 3.15. The number of carbonyl (C=O) groups is 2. The van der Waals surface area contributed by atoms with Crippen LogP contribution in [0.3, 0.4) is 0 Å². The van der Waals surface area contributed by atoms with Crippen molar-refractivity contribution in [2.24, 2.45) is 0 Å². The van der Waals surface area contributed by atoms with E-state index in [0.717, 1.165) is 0 Å². The Bertz CT molecular complexity index is 1080. The molecule has 0 aliphatic rings. The molecule has 31 heavy (non-hydrogen) atoms. The zero-order chi connectivity index (χ0) is 22.4. The molecule has 0 unspecified atom stereocenters. The smallest absolute Gasteiger partial charge is 0.273 e. The number of carbonyl (C=O) groups excluding carboxylic acids is 2. The highest BCUT2D eigenvalue weighted by Gasteiger charge is 2.28. The molecule has 0 radical (unpaired) electrons. The Labute approximate surface area is 184 Å². The van der Waals surface area contributed by atoms with Gasteiger partial charge >= 0.3 is 0 Å². The Morgan fingerprint density at radius 1 is 0.935 bits per heavy atom. The largest absolute Gasteiger partial charge is 0.326 e. The van der Waals surface area contributed by atoms with E-state index in [1.807, 2.05) is 0 Å². The summed E-state index contributed by atoms with van der Waals surface area (Å²) in [5, 5.41) is 5.86. The topological polar surface area (TPSA) is 58.2 Å². The molecule has 4 nitrogen and oxygen atoms in total. The van der Waals surface area contributed by atoms with Gasteiger partial charge in [0.1, 0.15) is 0 Å². The van der Waals surface area contributed by atoms with E-state index in [1.165, 1.54) is 25.1 Å². The van der Waals surface area contributed by atoms with Crippen LogP contribution in [-0.2, 0) is 17.1 Å². The fraction of sp³-hybridized carbons (Fsp3) is 0.167. The van der Waals surface area contributed by atoms with Crippen molar-refractivity contribution in [1.82, 2.24) is 0 Å². The zero-order valence-corrected chi connectivity index (χ0v) is 17.5. The van der Waals surface area contributed by atoms with Gasteiger partial charge in [0.25, 0.3) is 11.8 Å². The molecule has 0 heterocycles. The maximum absolute atomic E-state index is 13.9. The van der Waals surface area contributed by atoms with Gasteiger partial charge in [-0.15, -0.1) is 0 Å². The van der Waals surface area contributed by atoms with Gasteiger partial charge in [-0.1, -0.05) is 48.9 Å². The minimum Gasteiger partial charge on any atom is -0.326 e. The highest BCUT2D eigenvalue weighted by molar-refractivity contribution is 6.33. The summed E-state index contributed by atoms with van der Waals surface area (Å²) in [6.45, 7) is 1.41. The van der Waals surface area contributed by atoms with E-state index < -0.39 is 5.92 Å². The van der Waals surface area contributed by atoms with Crippen LogP contribution < -0.4 is 10.6 Å². The molecule has 2 N–H and O–H groups in total. The minimum atomic E-state index is -2.92. The van der Waals surface area contributed by atoms with E-state index in [0.29, 0.717) is 27.5 Å². The van der Waals surface area contributed by atoms with Crippen molar-refractivity contribution in [3.8, 4) is 0 Å². The van der Waals surface area contributed by atoms with Crippen LogP contribution in [0.25, 0.3) is 0 Å². The highest BCUT2D eigenvalue weighted by atomic mass is 35.5. The summed E-state index contributed by atoms with van der Waals surface area (Å²) in [5.41, 5.74) is 1.79. The number of hydrogen-bond donors (Lipinski definition) is 2. The average molecular weight is 443 g/mol. The second-order valence-corrected chi connectivity index (χ2v) is 7.40. The Morgan fingerprint density at radius 2 is 1.65 bits per heavy atom. The van der Waals surface area contributed by atoms with Crippen molar-refractivity contribution in [1.29, 1.82) is 0 Å². The van der Waals surface area contributed by atoms with E-state index in [4.69, 9.17) is 11.6 Å². The molecule has 2 amide bonds. The van der Waals surface area contributed by atoms with Gasteiger partial charge in [-0.2, -0.15) is 0 Å². The first kappa shape index (κ1) is 22.4. The maximum atomic E-state index is 13.9. The van der Waals surface area contributed by atoms with Crippen LogP contribution in [0.15, 0.2) is 72.8 Å². The van der Waals surface area contributed by atoms with Crippen LogP contribution in [-0.4, -0.2) is 11.8 Å². The lowest BCUT2D eigenvalue weighted by molar-refractivity contribution is -0.115. The summed E-state index contributed by atoms with van der Waals surface area (Å²) in [7, 11) is 0. The van der Waals surface area contributed by atoms with Gasteiger partial charge in [0, 0.05) is 23.2 Å². The van der Waals surface area contributed by atoms with Crippen LogP contribution in [0, 0.1) is 0 Å². The second kappa shape index (κ2) is 9.71. The van der Waals surface area contributed by atoms with E-state index in [2.05, 4.69) is 10.6 Å². The first-order chi connectivity index (χ1) is 14.8. The lowest BCUT2D eigenvalue weighted by Gasteiger charge is -2.15. The molecule has 0 aliphatic heterocycles. The van der Waals surface area contributed by atoms with Crippen LogP contribution in [0.5, 0.6) is 0 Å². The van der Waals surface area contributed by atoms with Crippen LogP contribution in [0.2, 0.25) is 5.02 Å². The molecule has 0 fully saturated rings. The molecule has 3 rings (SSSR count). The van der Waals surface area contributed by atoms with Gasteiger partial charge in [-0.05, 0) is 48.0 Å². The summed E-state index contributed by atoms with van der Waals surface area (Å²) in [6.07, 6.45) is -0.346. The molecule has 0 saturated carbocycles. The molecule has 0 bridgehead atoms. The molecule has 0 saturated heterocycles. The number of amides is 2. The number of benzene rings is 3. The van der Waals surface area contributed by atoms with Crippen molar-refractivity contribution in [3.05, 3.63) is 94.5 Å². The minimum absolute atomic E-state index is 0.0393. The van der Waals surface area contributed by atoms with Crippen molar-refractivity contribution >= 4 is 34.8 Å². The van der Waals surface area contributed by atoms with Crippen LogP contribution in [0.1, 0.15) is 34.8 Å². The van der Waals surface area contributed by atoms with E-state index in [9.17, 15) is 18.4 Å². The number of anilines is 2. The number of para-hydroxylation sites is 1. The number of alkyl halides is 2. The van der Waals surface area contributed by atoms with Gasteiger partial charge in [-0.3, -0.25) is 9.59 Å². The Kier molecular flexibility index (Phi) is 7.02. The van der Waals surface area contributed by atoms with Gasteiger partial charge in [-0.25, -0.2) is 8.78 Å². The molecule has 3 aromatic carbocycles. The van der Waals surface area contributed by atoms with Crippen LogP contribution >= 0.6 is 11.6 Å². The summed E-state index contributed by atoms with van der Waals surface area (Å²) >= 11 is 6.04. The van der Waals surface area contributed by atoms with Crippen molar-refractivity contribution in [2.45, 2.75) is 25.7 Å². The Hall–Kier alpha value is -3.25. The predicted octanol–water partition coefficient (Wildman–Crippen LogP) is 6.28. The third-order valence-electron chi connectivity index (χ3n) is 4.71. The molecule has 7 heteroatoms. The molecule has 3 aromatic rings. The van der Waals surface area contributed by atoms with E-state index >= 15 is 0 Å². The number of nitrogens with one attached hydrogen (secondary N) is 2.